The molecule has 0 radical (unpaired) electrons. The van der Waals surface area contributed by atoms with Gasteiger partial charge < -0.3 is 9.74 Å². The summed E-state index contributed by atoms with van der Waals surface area (Å²) in [6.45, 7) is 1.02. The number of halogens is 3. The second-order valence-corrected chi connectivity index (χ2v) is 3.38. The standard InChI is InChI=1S/C9H13F3N2O/c1-14-5-3-4-7(6-14)8(13-15-2)9(10,11)12/h4H,3,5-6H2,1-2H3. The van der Waals surface area contributed by atoms with Crippen LogP contribution < -0.4 is 0 Å². The summed E-state index contributed by atoms with van der Waals surface area (Å²) in [7, 11) is 2.88. The fourth-order valence-corrected chi connectivity index (χ4v) is 1.45. The Labute approximate surface area is 86.2 Å². The molecule has 0 saturated carbocycles. The van der Waals surface area contributed by atoms with Gasteiger partial charge in [0, 0.05) is 13.1 Å². The summed E-state index contributed by atoms with van der Waals surface area (Å²) in [4.78, 5) is 6.04. The van der Waals surface area contributed by atoms with Gasteiger partial charge in [-0.05, 0) is 19.0 Å². The van der Waals surface area contributed by atoms with Gasteiger partial charge in [-0.15, -0.1) is 0 Å². The van der Waals surface area contributed by atoms with Crippen LogP contribution in [0.2, 0.25) is 0 Å². The molecule has 0 spiro atoms. The van der Waals surface area contributed by atoms with Crippen LogP contribution in [0.15, 0.2) is 16.8 Å². The summed E-state index contributed by atoms with van der Waals surface area (Å²) in [5.74, 6) is 0. The van der Waals surface area contributed by atoms with E-state index in [-0.39, 0.29) is 12.1 Å². The number of oxime groups is 1. The van der Waals surface area contributed by atoms with Crippen molar-refractivity contribution in [2.24, 2.45) is 5.16 Å². The maximum absolute atomic E-state index is 12.5. The van der Waals surface area contributed by atoms with E-state index in [2.05, 4.69) is 9.99 Å². The van der Waals surface area contributed by atoms with E-state index in [9.17, 15) is 13.2 Å². The molecule has 6 heteroatoms. The van der Waals surface area contributed by atoms with Gasteiger partial charge in [0.25, 0.3) is 0 Å². The second kappa shape index (κ2) is 4.65. The average Bonchev–Trinajstić information content (AvgIpc) is 2.12. The molecule has 1 aliphatic heterocycles. The van der Waals surface area contributed by atoms with E-state index >= 15 is 0 Å². The van der Waals surface area contributed by atoms with Gasteiger partial charge in [0.2, 0.25) is 0 Å². The summed E-state index contributed by atoms with van der Waals surface area (Å²) in [5.41, 5.74) is -0.755. The Kier molecular flexibility index (Phi) is 3.73. The molecule has 1 rings (SSSR count). The van der Waals surface area contributed by atoms with Gasteiger partial charge in [0.15, 0.2) is 5.71 Å². The third kappa shape index (κ3) is 3.23. The SMILES string of the molecule is CON=C(C1=CCCN(C)C1)C(F)(F)F. The summed E-state index contributed by atoms with van der Waals surface area (Å²) < 4.78 is 37.6. The molecular formula is C9H13F3N2O. The quantitative estimate of drug-likeness (QED) is 0.526. The fraction of sp³-hybridized carbons (Fsp3) is 0.667. The Balaban J connectivity index is 2.91. The summed E-state index contributed by atoms with van der Waals surface area (Å²) in [5, 5.41) is 3.05. The van der Waals surface area contributed by atoms with Crippen molar-refractivity contribution in [1.82, 2.24) is 4.90 Å². The highest BCUT2D eigenvalue weighted by Gasteiger charge is 2.39. The van der Waals surface area contributed by atoms with Gasteiger partial charge in [-0.1, -0.05) is 11.2 Å². The Morgan fingerprint density at radius 3 is 2.67 bits per heavy atom. The minimum absolute atomic E-state index is 0.179. The predicted octanol–water partition coefficient (Wildman–Crippen LogP) is 1.81. The first-order chi connectivity index (χ1) is 6.95. The molecule has 3 nitrogen and oxygen atoms in total. The number of hydrogen-bond donors (Lipinski definition) is 0. The van der Waals surface area contributed by atoms with Crippen LogP contribution in [-0.4, -0.2) is 44.0 Å². The van der Waals surface area contributed by atoms with Crippen molar-refractivity contribution in [3.8, 4) is 0 Å². The number of rotatable bonds is 2. The molecular weight excluding hydrogens is 209 g/mol. The molecule has 0 aromatic carbocycles. The first-order valence-electron chi connectivity index (χ1n) is 4.51. The van der Waals surface area contributed by atoms with E-state index in [4.69, 9.17) is 0 Å². The van der Waals surface area contributed by atoms with Gasteiger partial charge in [-0.2, -0.15) is 13.2 Å². The first kappa shape index (κ1) is 12.0. The molecule has 1 heterocycles. The summed E-state index contributed by atoms with van der Waals surface area (Å²) in [6.07, 6.45) is -2.30. The van der Waals surface area contributed by atoms with E-state index in [1.54, 1.807) is 13.1 Å². The predicted molar refractivity (Wildman–Crippen MR) is 50.7 cm³/mol. The minimum atomic E-state index is -4.46. The van der Waals surface area contributed by atoms with E-state index < -0.39 is 11.9 Å². The fourth-order valence-electron chi connectivity index (χ4n) is 1.45. The minimum Gasteiger partial charge on any atom is -0.399 e. The zero-order valence-electron chi connectivity index (χ0n) is 8.64. The molecule has 0 atom stereocenters. The number of alkyl halides is 3. The largest absolute Gasteiger partial charge is 0.436 e. The highest BCUT2D eigenvalue weighted by atomic mass is 19.4. The number of nitrogens with zero attached hydrogens (tertiary/aromatic N) is 2. The molecule has 0 fully saturated rings. The van der Waals surface area contributed by atoms with Crippen LogP contribution in [0.4, 0.5) is 13.2 Å². The van der Waals surface area contributed by atoms with Crippen LogP contribution in [0.25, 0.3) is 0 Å². The van der Waals surface area contributed by atoms with Crippen LogP contribution in [0.5, 0.6) is 0 Å². The Morgan fingerprint density at radius 2 is 2.20 bits per heavy atom. The van der Waals surface area contributed by atoms with Crippen LogP contribution in [-0.2, 0) is 4.84 Å². The van der Waals surface area contributed by atoms with Crippen molar-refractivity contribution in [1.29, 1.82) is 0 Å². The second-order valence-electron chi connectivity index (χ2n) is 3.38. The lowest BCUT2D eigenvalue weighted by Crippen LogP contribution is -2.34. The third-order valence-corrected chi connectivity index (χ3v) is 2.10. The van der Waals surface area contributed by atoms with Crippen molar-refractivity contribution < 1.29 is 18.0 Å². The molecule has 0 aromatic heterocycles. The van der Waals surface area contributed by atoms with Gasteiger partial charge >= 0.3 is 6.18 Å². The first-order valence-corrected chi connectivity index (χ1v) is 4.51. The van der Waals surface area contributed by atoms with Crippen molar-refractivity contribution in [2.45, 2.75) is 12.6 Å². The molecule has 86 valence electrons. The van der Waals surface area contributed by atoms with Gasteiger partial charge in [-0.25, -0.2) is 0 Å². The topological polar surface area (TPSA) is 24.8 Å². The van der Waals surface area contributed by atoms with Crippen LogP contribution >= 0.6 is 0 Å². The highest BCUT2D eigenvalue weighted by molar-refractivity contribution is 6.04. The van der Waals surface area contributed by atoms with Gasteiger partial charge in [0.05, 0.1) is 0 Å². The van der Waals surface area contributed by atoms with Crippen LogP contribution in [0.1, 0.15) is 6.42 Å². The Hall–Kier alpha value is -1.04. The van der Waals surface area contributed by atoms with Crippen LogP contribution in [0.3, 0.4) is 0 Å². The van der Waals surface area contributed by atoms with Gasteiger partial charge in [-0.3, -0.25) is 0 Å². The number of likely N-dealkylation sites (N-methyl/N-ethyl adjacent to an activating group) is 1. The number of hydrogen-bond acceptors (Lipinski definition) is 3. The summed E-state index contributed by atoms with van der Waals surface area (Å²) >= 11 is 0. The lowest BCUT2D eigenvalue weighted by molar-refractivity contribution is -0.0613. The van der Waals surface area contributed by atoms with E-state index in [0.717, 1.165) is 13.7 Å². The van der Waals surface area contributed by atoms with Crippen molar-refractivity contribution in [3.63, 3.8) is 0 Å². The molecule has 0 aromatic rings. The smallest absolute Gasteiger partial charge is 0.399 e. The van der Waals surface area contributed by atoms with E-state index in [1.807, 2.05) is 4.90 Å². The average molecular weight is 222 g/mol. The molecule has 0 N–H and O–H groups in total. The zero-order valence-corrected chi connectivity index (χ0v) is 8.64. The summed E-state index contributed by atoms with van der Waals surface area (Å²) in [6, 6.07) is 0. The lowest BCUT2D eigenvalue weighted by Gasteiger charge is -2.24. The maximum Gasteiger partial charge on any atom is 0.436 e. The molecule has 1 aliphatic rings. The Morgan fingerprint density at radius 1 is 1.53 bits per heavy atom. The molecule has 0 bridgehead atoms. The highest BCUT2D eigenvalue weighted by Crippen LogP contribution is 2.24. The molecule has 0 amide bonds. The lowest BCUT2D eigenvalue weighted by atomic mass is 10.1. The third-order valence-electron chi connectivity index (χ3n) is 2.10. The Bertz CT molecular complexity index is 284. The molecule has 15 heavy (non-hydrogen) atoms. The zero-order chi connectivity index (χ0) is 11.5. The monoisotopic (exact) mass is 222 g/mol. The van der Waals surface area contributed by atoms with E-state index in [0.29, 0.717) is 6.42 Å². The van der Waals surface area contributed by atoms with Crippen LogP contribution in [0, 0.1) is 0 Å². The molecule has 0 unspecified atom stereocenters. The molecule has 0 saturated heterocycles. The molecule has 0 aliphatic carbocycles. The van der Waals surface area contributed by atoms with Gasteiger partial charge in [0.1, 0.15) is 7.11 Å². The van der Waals surface area contributed by atoms with Crippen molar-refractivity contribution in [2.75, 3.05) is 27.2 Å². The maximum atomic E-state index is 12.5. The van der Waals surface area contributed by atoms with Crippen molar-refractivity contribution in [3.05, 3.63) is 11.6 Å². The normalized spacial score (nSPS) is 20.1. The van der Waals surface area contributed by atoms with Crippen molar-refractivity contribution >= 4 is 5.71 Å². The van der Waals surface area contributed by atoms with E-state index in [1.165, 1.54) is 0 Å².